The molecule has 4 nitrogen and oxygen atoms in total. The first-order valence-corrected chi connectivity index (χ1v) is 11.1. The van der Waals surface area contributed by atoms with E-state index in [-0.39, 0.29) is 5.48 Å². The molecule has 0 heterocycles. The molecule has 0 spiro atoms. The molecule has 0 fully saturated rings. The lowest BCUT2D eigenvalue weighted by Gasteiger charge is -2.19. The Kier molecular flexibility index (Phi) is 9.50. The van der Waals surface area contributed by atoms with Crippen LogP contribution in [0.3, 0.4) is 0 Å². The Morgan fingerprint density at radius 2 is 1.76 bits per heavy atom. The van der Waals surface area contributed by atoms with E-state index in [1.807, 2.05) is 31.2 Å². The van der Waals surface area contributed by atoms with Crippen LogP contribution in [0.25, 0.3) is 0 Å². The summed E-state index contributed by atoms with van der Waals surface area (Å²) in [4.78, 5) is 0. The van der Waals surface area contributed by atoms with Crippen molar-refractivity contribution in [1.82, 2.24) is 0 Å². The number of rotatable bonds is 11. The summed E-state index contributed by atoms with van der Waals surface area (Å²) in [6, 6.07) is 11.3. The first-order chi connectivity index (χ1) is 14.0. The van der Waals surface area contributed by atoms with Crippen LogP contribution in [0, 0.1) is 12.8 Å². The van der Waals surface area contributed by atoms with Crippen LogP contribution in [-0.4, -0.2) is 26.3 Å². The largest absolute Gasteiger partial charge is 0.823 e. The molecule has 0 aliphatic heterocycles. The minimum atomic E-state index is -0.0540. The summed E-state index contributed by atoms with van der Waals surface area (Å²) in [5.74, 6) is 2.50. The minimum absolute atomic E-state index is 0.0540. The quantitative estimate of drug-likeness (QED) is 0.499. The lowest BCUT2D eigenvalue weighted by Crippen LogP contribution is -2.20. The van der Waals surface area contributed by atoms with Crippen LogP contribution in [0.1, 0.15) is 50.7 Å². The van der Waals surface area contributed by atoms with Crippen LogP contribution in [0.2, 0.25) is 0 Å². The van der Waals surface area contributed by atoms with Crippen molar-refractivity contribution in [2.45, 2.75) is 46.5 Å². The fourth-order valence-electron chi connectivity index (χ4n) is 3.18. The fourth-order valence-corrected chi connectivity index (χ4v) is 4.12. The van der Waals surface area contributed by atoms with Crippen LogP contribution >= 0.6 is 8.20 Å². The molecule has 158 valence electrons. The molecule has 0 radical (unpaired) electrons. The predicted octanol–water partition coefficient (Wildman–Crippen LogP) is 4.72. The third-order valence-electron chi connectivity index (χ3n) is 5.06. The Balaban J connectivity index is 2.18. The minimum Gasteiger partial charge on any atom is -0.823 e. The third kappa shape index (κ3) is 6.48. The number of hydrogen-bond donors (Lipinski definition) is 0. The van der Waals surface area contributed by atoms with Gasteiger partial charge in [-0.15, -0.1) is 0 Å². The zero-order valence-corrected chi connectivity index (χ0v) is 19.1. The maximum absolute atomic E-state index is 13.0. The molecule has 0 amide bonds. The highest BCUT2D eigenvalue weighted by Gasteiger charge is 2.10. The van der Waals surface area contributed by atoms with E-state index in [1.165, 1.54) is 19.3 Å². The Labute approximate surface area is 176 Å². The van der Waals surface area contributed by atoms with Crippen molar-refractivity contribution in [3.8, 4) is 17.2 Å². The molecule has 5 heteroatoms. The SMILES string of the molecule is CCCCC(CC)COc1ccc(P=C([O-])c2c(OC)cccc2OC)c(C)c1. The van der Waals surface area contributed by atoms with E-state index in [4.69, 9.17) is 14.2 Å². The van der Waals surface area contributed by atoms with E-state index < -0.39 is 0 Å². The maximum atomic E-state index is 13.0. The molecule has 0 aromatic heterocycles. The van der Waals surface area contributed by atoms with E-state index >= 15 is 0 Å². The summed E-state index contributed by atoms with van der Waals surface area (Å²) >= 11 is 0. The van der Waals surface area contributed by atoms with Crippen molar-refractivity contribution in [1.29, 1.82) is 0 Å². The van der Waals surface area contributed by atoms with Gasteiger partial charge in [0, 0.05) is 10.9 Å². The zero-order chi connectivity index (χ0) is 21.2. The molecular formula is C24H32O4P-. The fraction of sp³-hybridized carbons (Fsp3) is 0.458. The molecule has 1 unspecified atom stereocenters. The van der Waals surface area contributed by atoms with E-state index in [0.29, 0.717) is 31.2 Å². The Morgan fingerprint density at radius 1 is 1.07 bits per heavy atom. The van der Waals surface area contributed by atoms with Crippen molar-refractivity contribution < 1.29 is 19.3 Å². The monoisotopic (exact) mass is 415 g/mol. The molecule has 2 aromatic carbocycles. The molecule has 0 bridgehead atoms. The number of aryl methyl sites for hydroxylation is 1. The van der Waals surface area contributed by atoms with Crippen molar-refractivity contribution in [3.63, 3.8) is 0 Å². The number of hydrogen-bond acceptors (Lipinski definition) is 4. The zero-order valence-electron chi connectivity index (χ0n) is 18.2. The van der Waals surface area contributed by atoms with Gasteiger partial charge in [-0.25, -0.2) is 0 Å². The van der Waals surface area contributed by atoms with Gasteiger partial charge in [0.2, 0.25) is 0 Å². The standard InChI is InChI=1S/C24H33O4P/c1-6-8-10-18(7-2)16-28-19-13-14-22(17(3)15-19)29-24(25)23-20(26-4)11-9-12-21(23)27-5/h9,11-15,18,25H,6-8,10,16H2,1-5H3/p-1. The van der Waals surface area contributed by atoms with Gasteiger partial charge in [-0.2, -0.15) is 0 Å². The molecule has 0 N–H and O–H groups in total. The lowest BCUT2D eigenvalue weighted by atomic mass is 10.0. The van der Waals surface area contributed by atoms with Crippen molar-refractivity contribution in [2.24, 2.45) is 5.92 Å². The van der Waals surface area contributed by atoms with Crippen LogP contribution in [-0.2, 0) is 0 Å². The molecule has 2 aromatic rings. The van der Waals surface area contributed by atoms with Gasteiger partial charge in [0.25, 0.3) is 0 Å². The summed E-state index contributed by atoms with van der Waals surface area (Å²) < 4.78 is 16.8. The molecule has 0 aliphatic carbocycles. The molecule has 0 saturated carbocycles. The first kappa shape index (κ1) is 23.3. The van der Waals surface area contributed by atoms with E-state index in [2.05, 4.69) is 13.8 Å². The highest BCUT2D eigenvalue weighted by atomic mass is 31.1. The highest BCUT2D eigenvalue weighted by molar-refractivity contribution is 7.49. The van der Waals surface area contributed by atoms with Gasteiger partial charge < -0.3 is 19.3 Å². The van der Waals surface area contributed by atoms with Gasteiger partial charge in [0.1, 0.15) is 17.2 Å². The number of benzene rings is 2. The lowest BCUT2D eigenvalue weighted by molar-refractivity contribution is -0.207. The van der Waals surface area contributed by atoms with Crippen LogP contribution in [0.15, 0.2) is 36.4 Å². The molecule has 2 rings (SSSR count). The van der Waals surface area contributed by atoms with Crippen molar-refractivity contribution in [3.05, 3.63) is 47.5 Å². The average molecular weight is 415 g/mol. The number of unbranched alkanes of at least 4 members (excludes halogenated alkanes) is 1. The Morgan fingerprint density at radius 3 is 2.31 bits per heavy atom. The van der Waals surface area contributed by atoms with Crippen molar-refractivity contribution >= 4 is 19.0 Å². The van der Waals surface area contributed by atoms with E-state index in [0.717, 1.165) is 29.6 Å². The third-order valence-corrected chi connectivity index (χ3v) is 6.23. The van der Waals surface area contributed by atoms with Crippen LogP contribution < -0.4 is 24.6 Å². The van der Waals surface area contributed by atoms with Crippen LogP contribution in [0.4, 0.5) is 0 Å². The van der Waals surface area contributed by atoms with Crippen LogP contribution in [0.5, 0.6) is 17.2 Å². The molecule has 0 saturated heterocycles. The molecule has 1 atom stereocenters. The normalized spacial score (nSPS) is 12.6. The van der Waals surface area contributed by atoms with Gasteiger partial charge >= 0.3 is 0 Å². The smallest absolute Gasteiger partial charge is 0.129 e. The highest BCUT2D eigenvalue weighted by Crippen LogP contribution is 2.29. The summed E-state index contributed by atoms with van der Waals surface area (Å²) in [7, 11) is 3.70. The van der Waals surface area contributed by atoms with Gasteiger partial charge in [0.05, 0.1) is 20.8 Å². The summed E-state index contributed by atoms with van der Waals surface area (Å²) in [6.07, 6.45) is 4.80. The average Bonchev–Trinajstić information content (AvgIpc) is 2.74. The van der Waals surface area contributed by atoms with Gasteiger partial charge in [-0.05, 0) is 55.2 Å². The maximum Gasteiger partial charge on any atom is 0.129 e. The topological polar surface area (TPSA) is 50.8 Å². The number of methoxy groups -OCH3 is 2. The molecule has 0 aliphatic rings. The van der Waals surface area contributed by atoms with Gasteiger partial charge in [-0.1, -0.05) is 52.9 Å². The van der Waals surface area contributed by atoms with Crippen molar-refractivity contribution in [2.75, 3.05) is 20.8 Å². The van der Waals surface area contributed by atoms with Gasteiger partial charge in [0.15, 0.2) is 0 Å². The number of ether oxygens (including phenoxy) is 3. The van der Waals surface area contributed by atoms with Gasteiger partial charge in [-0.3, -0.25) is 0 Å². The second-order valence-corrected chi connectivity index (χ2v) is 8.24. The summed E-state index contributed by atoms with van der Waals surface area (Å²) in [5.41, 5.74) is 1.45. The second kappa shape index (κ2) is 11.8. The summed E-state index contributed by atoms with van der Waals surface area (Å²) in [5, 5.41) is 13.9. The predicted molar refractivity (Wildman–Crippen MR) is 120 cm³/mol. The second-order valence-electron chi connectivity index (χ2n) is 7.13. The van der Waals surface area contributed by atoms with E-state index in [1.54, 1.807) is 26.4 Å². The Bertz CT molecular complexity index is 794. The van der Waals surface area contributed by atoms with E-state index in [9.17, 15) is 5.11 Å². The Hall–Kier alpha value is -2.03. The molecular weight excluding hydrogens is 383 g/mol. The summed E-state index contributed by atoms with van der Waals surface area (Å²) in [6.45, 7) is 7.19. The first-order valence-electron chi connectivity index (χ1n) is 10.2. The molecule has 29 heavy (non-hydrogen) atoms.